The molecule has 0 atom stereocenters. The molecule has 2 aromatic rings. The first kappa shape index (κ1) is 17.9. The van der Waals surface area contributed by atoms with Crippen molar-refractivity contribution in [3.8, 4) is 0 Å². The molecule has 23 heavy (non-hydrogen) atoms. The summed E-state index contributed by atoms with van der Waals surface area (Å²) in [6.45, 7) is 4.06. The predicted molar refractivity (Wildman–Crippen MR) is 97.2 cm³/mol. The van der Waals surface area contributed by atoms with E-state index in [1.54, 1.807) is 18.3 Å². The van der Waals surface area contributed by atoms with E-state index in [1.165, 1.54) is 12.8 Å². The fourth-order valence-electron chi connectivity index (χ4n) is 2.21. The number of nitrogens with one attached hydrogen (secondary N) is 1. The Balaban J connectivity index is 2.13. The fourth-order valence-corrected chi connectivity index (χ4v) is 3.93. The minimum atomic E-state index is -3.63. The zero-order valence-corrected chi connectivity index (χ0v) is 15.7. The number of nitrogens with zero attached hydrogens (tertiary/aromatic N) is 1. The van der Waals surface area contributed by atoms with Gasteiger partial charge in [0.05, 0.1) is 9.37 Å². The van der Waals surface area contributed by atoms with Gasteiger partial charge in [0.15, 0.2) is 5.82 Å². The molecule has 1 heterocycles. The predicted octanol–water partition coefficient (Wildman–Crippen LogP) is 4.69. The van der Waals surface area contributed by atoms with Crippen LogP contribution in [0.4, 0.5) is 5.82 Å². The smallest absolute Gasteiger partial charge is 0.262 e. The molecule has 0 fully saturated rings. The number of aryl methyl sites for hydroxylation is 2. The van der Waals surface area contributed by atoms with E-state index in [4.69, 9.17) is 0 Å². The molecule has 2 rings (SSSR count). The van der Waals surface area contributed by atoms with Gasteiger partial charge in [0.25, 0.3) is 10.0 Å². The molecule has 4 nitrogen and oxygen atoms in total. The molecule has 0 saturated carbocycles. The molecule has 0 unspecified atom stereocenters. The van der Waals surface area contributed by atoms with Crippen LogP contribution in [0.3, 0.4) is 0 Å². The minimum Gasteiger partial charge on any atom is -0.262 e. The molecular weight excluding hydrogens is 376 g/mol. The molecule has 0 aliphatic rings. The van der Waals surface area contributed by atoms with Crippen molar-refractivity contribution in [2.75, 3.05) is 4.72 Å². The quantitative estimate of drug-likeness (QED) is 0.690. The van der Waals surface area contributed by atoms with Crippen LogP contribution in [0.5, 0.6) is 0 Å². The molecule has 0 saturated heterocycles. The molecule has 0 spiro atoms. The minimum absolute atomic E-state index is 0.242. The normalized spacial score (nSPS) is 11.4. The van der Waals surface area contributed by atoms with Gasteiger partial charge in [-0.3, -0.25) is 4.72 Å². The molecule has 0 aliphatic heterocycles. The first-order valence-electron chi connectivity index (χ1n) is 7.66. The first-order chi connectivity index (χ1) is 10.9. The number of hydrogen-bond acceptors (Lipinski definition) is 3. The van der Waals surface area contributed by atoms with Crippen LogP contribution in [0.25, 0.3) is 0 Å². The lowest BCUT2D eigenvalue weighted by atomic mass is 10.1. The van der Waals surface area contributed by atoms with Crippen LogP contribution in [0, 0.1) is 6.92 Å². The van der Waals surface area contributed by atoms with Crippen LogP contribution in [-0.4, -0.2) is 13.4 Å². The molecule has 1 N–H and O–H groups in total. The van der Waals surface area contributed by atoms with Gasteiger partial charge in [0.2, 0.25) is 0 Å². The standard InChI is InChI=1S/C17H21BrN2O2S/c1-3-4-5-6-14-7-9-15(10-8-14)23(21,22)20-17-16(18)11-13(2)12-19-17/h7-12H,3-6H2,1-2H3,(H,19,20). The molecule has 6 heteroatoms. The second-order valence-corrected chi connectivity index (χ2v) is 8.09. The summed E-state index contributed by atoms with van der Waals surface area (Å²) >= 11 is 3.33. The maximum atomic E-state index is 12.4. The lowest BCUT2D eigenvalue weighted by Crippen LogP contribution is -2.14. The SMILES string of the molecule is CCCCCc1ccc(S(=O)(=O)Nc2ncc(C)cc2Br)cc1. The van der Waals surface area contributed by atoms with E-state index in [9.17, 15) is 8.42 Å². The number of unbranched alkanes of at least 4 members (excludes halogenated alkanes) is 2. The fraction of sp³-hybridized carbons (Fsp3) is 0.353. The van der Waals surface area contributed by atoms with E-state index >= 15 is 0 Å². The van der Waals surface area contributed by atoms with Crippen molar-refractivity contribution >= 4 is 31.8 Å². The number of pyridine rings is 1. The van der Waals surface area contributed by atoms with E-state index in [0.29, 0.717) is 10.3 Å². The summed E-state index contributed by atoms with van der Waals surface area (Å²) in [5, 5.41) is 0. The summed E-state index contributed by atoms with van der Waals surface area (Å²) in [5.74, 6) is 0.294. The van der Waals surface area contributed by atoms with Crippen molar-refractivity contribution in [3.05, 3.63) is 52.1 Å². The highest BCUT2D eigenvalue weighted by atomic mass is 79.9. The van der Waals surface area contributed by atoms with Crippen LogP contribution in [-0.2, 0) is 16.4 Å². The second-order valence-electron chi connectivity index (χ2n) is 5.55. The Morgan fingerprint density at radius 1 is 1.17 bits per heavy atom. The van der Waals surface area contributed by atoms with Crippen molar-refractivity contribution in [3.63, 3.8) is 0 Å². The van der Waals surface area contributed by atoms with Crippen LogP contribution in [0.1, 0.15) is 37.3 Å². The third-order valence-corrected chi connectivity index (χ3v) is 5.47. The van der Waals surface area contributed by atoms with Crippen LogP contribution >= 0.6 is 15.9 Å². The van der Waals surface area contributed by atoms with E-state index in [1.807, 2.05) is 25.1 Å². The third-order valence-electron chi connectivity index (χ3n) is 3.51. The Bertz CT molecular complexity index is 759. The maximum absolute atomic E-state index is 12.4. The van der Waals surface area contributed by atoms with Gasteiger partial charge < -0.3 is 0 Å². The Morgan fingerprint density at radius 2 is 1.87 bits per heavy atom. The zero-order valence-electron chi connectivity index (χ0n) is 13.3. The molecule has 0 bridgehead atoms. The number of aromatic nitrogens is 1. The summed E-state index contributed by atoms with van der Waals surface area (Å²) in [5.41, 5.74) is 2.11. The lowest BCUT2D eigenvalue weighted by Gasteiger charge is -2.10. The van der Waals surface area contributed by atoms with Crippen molar-refractivity contribution in [2.45, 2.75) is 44.4 Å². The second kappa shape index (κ2) is 7.93. The highest BCUT2D eigenvalue weighted by molar-refractivity contribution is 9.10. The van der Waals surface area contributed by atoms with Gasteiger partial charge in [-0.25, -0.2) is 13.4 Å². The van der Waals surface area contributed by atoms with Crippen LogP contribution in [0.15, 0.2) is 45.9 Å². The average Bonchev–Trinajstić information content (AvgIpc) is 2.51. The van der Waals surface area contributed by atoms with Gasteiger partial charge in [-0.2, -0.15) is 0 Å². The van der Waals surface area contributed by atoms with E-state index in [-0.39, 0.29) is 4.90 Å². The first-order valence-corrected chi connectivity index (χ1v) is 9.94. The molecule has 0 radical (unpaired) electrons. The summed E-state index contributed by atoms with van der Waals surface area (Å²) in [6.07, 6.45) is 6.09. The number of hydrogen-bond donors (Lipinski definition) is 1. The van der Waals surface area contributed by atoms with Crippen molar-refractivity contribution in [2.24, 2.45) is 0 Å². The van der Waals surface area contributed by atoms with Crippen molar-refractivity contribution < 1.29 is 8.42 Å². The Labute approximate surface area is 146 Å². The summed E-state index contributed by atoms with van der Waals surface area (Å²) in [7, 11) is -3.63. The van der Waals surface area contributed by atoms with Crippen molar-refractivity contribution in [1.82, 2.24) is 4.98 Å². The van der Waals surface area contributed by atoms with Gasteiger partial charge >= 0.3 is 0 Å². The van der Waals surface area contributed by atoms with Crippen LogP contribution in [0.2, 0.25) is 0 Å². The third kappa shape index (κ3) is 5.04. The van der Waals surface area contributed by atoms with E-state index < -0.39 is 10.0 Å². The monoisotopic (exact) mass is 396 g/mol. The Morgan fingerprint density at radius 3 is 2.48 bits per heavy atom. The largest absolute Gasteiger partial charge is 0.263 e. The molecule has 1 aromatic heterocycles. The molecule has 0 aliphatic carbocycles. The van der Waals surface area contributed by atoms with Gasteiger partial charge in [-0.15, -0.1) is 0 Å². The average molecular weight is 397 g/mol. The van der Waals surface area contributed by atoms with E-state index in [2.05, 4.69) is 32.6 Å². The van der Waals surface area contributed by atoms with Gasteiger partial charge in [0.1, 0.15) is 0 Å². The zero-order chi connectivity index (χ0) is 16.9. The molecule has 0 amide bonds. The van der Waals surface area contributed by atoms with Gasteiger partial charge in [0, 0.05) is 6.20 Å². The maximum Gasteiger partial charge on any atom is 0.263 e. The van der Waals surface area contributed by atoms with E-state index in [0.717, 1.165) is 24.0 Å². The van der Waals surface area contributed by atoms with Gasteiger partial charge in [-0.1, -0.05) is 31.9 Å². The number of anilines is 1. The number of sulfonamides is 1. The number of benzene rings is 1. The Hall–Kier alpha value is -1.40. The summed E-state index contributed by atoms with van der Waals surface area (Å²) in [6, 6.07) is 8.86. The number of rotatable bonds is 7. The highest BCUT2D eigenvalue weighted by Gasteiger charge is 2.16. The summed E-state index contributed by atoms with van der Waals surface area (Å²) < 4.78 is 28.0. The lowest BCUT2D eigenvalue weighted by molar-refractivity contribution is 0.601. The molecule has 1 aromatic carbocycles. The summed E-state index contributed by atoms with van der Waals surface area (Å²) in [4.78, 5) is 4.36. The van der Waals surface area contributed by atoms with Crippen molar-refractivity contribution in [1.29, 1.82) is 0 Å². The highest BCUT2D eigenvalue weighted by Crippen LogP contribution is 2.23. The van der Waals surface area contributed by atoms with Crippen LogP contribution < -0.4 is 4.72 Å². The molecule has 124 valence electrons. The Kier molecular flexibility index (Phi) is 6.18. The topological polar surface area (TPSA) is 59.1 Å². The molecular formula is C17H21BrN2O2S. The van der Waals surface area contributed by atoms with Gasteiger partial charge in [-0.05, 0) is 65.0 Å². The number of halogens is 1.